The highest BCUT2D eigenvalue weighted by molar-refractivity contribution is 5.76. The van der Waals surface area contributed by atoms with Crippen molar-refractivity contribution in [1.29, 1.82) is 0 Å². The van der Waals surface area contributed by atoms with Gasteiger partial charge in [-0.15, -0.1) is 0 Å². The third-order valence-corrected chi connectivity index (χ3v) is 3.13. The Morgan fingerprint density at radius 1 is 1.44 bits per heavy atom. The maximum atomic E-state index is 11.6. The summed E-state index contributed by atoms with van der Waals surface area (Å²) in [6.45, 7) is 6.73. The lowest BCUT2D eigenvalue weighted by molar-refractivity contribution is -0.121. The first-order chi connectivity index (χ1) is 8.56. The average molecular weight is 249 g/mol. The molecule has 0 aliphatic carbocycles. The quantitative estimate of drug-likeness (QED) is 0.619. The van der Waals surface area contributed by atoms with Crippen LogP contribution in [-0.2, 0) is 18.3 Å². The monoisotopic (exact) mass is 249 g/mol. The number of carbonyl (C=O) groups is 1. The van der Waals surface area contributed by atoms with Gasteiger partial charge in [0.2, 0.25) is 5.91 Å². The van der Waals surface area contributed by atoms with Crippen molar-refractivity contribution in [3.05, 3.63) is 29.1 Å². The third kappa shape index (κ3) is 4.02. The molecule has 0 saturated heterocycles. The van der Waals surface area contributed by atoms with E-state index in [4.69, 9.17) is 0 Å². The maximum Gasteiger partial charge on any atom is 0.220 e. The minimum absolute atomic E-state index is 0.113. The molecule has 1 aromatic rings. The number of hydrogen-bond donors (Lipinski definition) is 1. The van der Waals surface area contributed by atoms with E-state index in [9.17, 15) is 4.79 Å². The van der Waals surface area contributed by atoms with Crippen molar-refractivity contribution in [1.82, 2.24) is 15.1 Å². The Morgan fingerprint density at radius 2 is 2.17 bits per heavy atom. The van der Waals surface area contributed by atoms with Crippen molar-refractivity contribution in [3.8, 4) is 0 Å². The summed E-state index contributed by atoms with van der Waals surface area (Å²) in [4.78, 5) is 11.6. The summed E-state index contributed by atoms with van der Waals surface area (Å²) < 4.78 is 1.87. The number of amides is 1. The molecule has 0 aromatic carbocycles. The number of aryl methyl sites for hydroxylation is 2. The predicted molar refractivity (Wildman–Crippen MR) is 73.4 cm³/mol. The van der Waals surface area contributed by atoms with Gasteiger partial charge in [-0.2, -0.15) is 5.10 Å². The van der Waals surface area contributed by atoms with E-state index in [0.717, 1.165) is 24.2 Å². The third-order valence-electron chi connectivity index (χ3n) is 3.13. The van der Waals surface area contributed by atoms with Gasteiger partial charge >= 0.3 is 0 Å². The molecule has 18 heavy (non-hydrogen) atoms. The van der Waals surface area contributed by atoms with Crippen molar-refractivity contribution < 1.29 is 4.79 Å². The van der Waals surface area contributed by atoms with Crippen molar-refractivity contribution in [2.75, 3.05) is 6.54 Å². The van der Waals surface area contributed by atoms with Crippen LogP contribution >= 0.6 is 0 Å². The van der Waals surface area contributed by atoms with Gasteiger partial charge in [0.25, 0.3) is 0 Å². The molecular formula is C14H23N3O. The van der Waals surface area contributed by atoms with Crippen molar-refractivity contribution in [3.63, 3.8) is 0 Å². The van der Waals surface area contributed by atoms with Crippen LogP contribution in [0.25, 0.3) is 0 Å². The van der Waals surface area contributed by atoms with Gasteiger partial charge in [0, 0.05) is 25.7 Å². The Bertz CT molecular complexity index is 432. The van der Waals surface area contributed by atoms with Crippen molar-refractivity contribution in [2.45, 2.75) is 40.0 Å². The maximum absolute atomic E-state index is 11.6. The van der Waals surface area contributed by atoms with Gasteiger partial charge in [-0.25, -0.2) is 0 Å². The van der Waals surface area contributed by atoms with Crippen LogP contribution in [0.4, 0.5) is 0 Å². The largest absolute Gasteiger partial charge is 0.356 e. The Balaban J connectivity index is 2.38. The molecule has 0 saturated carbocycles. The standard InChI is InChI=1S/C14H23N3O/c1-5-6-7-10-15-14(18)9-8-13-11(2)16-17(4)12(13)3/h5-6H,7-10H2,1-4H3,(H,15,18)/b6-5+. The molecule has 4 heteroatoms. The minimum atomic E-state index is 0.113. The van der Waals surface area contributed by atoms with E-state index in [1.807, 2.05) is 38.6 Å². The molecule has 1 amide bonds. The lowest BCUT2D eigenvalue weighted by Crippen LogP contribution is -2.24. The van der Waals surface area contributed by atoms with E-state index < -0.39 is 0 Å². The number of hydrogen-bond acceptors (Lipinski definition) is 2. The molecule has 1 aromatic heterocycles. The number of aromatic nitrogens is 2. The fraction of sp³-hybridized carbons (Fsp3) is 0.571. The molecule has 0 aliphatic rings. The molecule has 0 aliphatic heterocycles. The van der Waals surface area contributed by atoms with E-state index in [-0.39, 0.29) is 5.91 Å². The lowest BCUT2D eigenvalue weighted by Gasteiger charge is -2.04. The minimum Gasteiger partial charge on any atom is -0.356 e. The SMILES string of the molecule is C/C=C/CCNC(=O)CCc1c(C)nn(C)c1C. The first-order valence-corrected chi connectivity index (χ1v) is 6.43. The Morgan fingerprint density at radius 3 is 2.72 bits per heavy atom. The van der Waals surface area contributed by atoms with Gasteiger partial charge in [-0.3, -0.25) is 9.48 Å². The zero-order valence-electron chi connectivity index (χ0n) is 11.8. The summed E-state index contributed by atoms with van der Waals surface area (Å²) in [5.74, 6) is 0.113. The number of rotatable bonds is 6. The van der Waals surface area contributed by atoms with Crippen LogP contribution in [0.3, 0.4) is 0 Å². The van der Waals surface area contributed by atoms with Crippen LogP contribution in [0.1, 0.15) is 36.7 Å². The van der Waals surface area contributed by atoms with E-state index in [2.05, 4.69) is 16.5 Å². The van der Waals surface area contributed by atoms with Gasteiger partial charge in [0.05, 0.1) is 5.69 Å². The van der Waals surface area contributed by atoms with E-state index in [1.54, 1.807) is 0 Å². The first-order valence-electron chi connectivity index (χ1n) is 6.43. The van der Waals surface area contributed by atoms with E-state index in [0.29, 0.717) is 13.0 Å². The summed E-state index contributed by atoms with van der Waals surface area (Å²) in [6.07, 6.45) is 6.24. The normalized spacial score (nSPS) is 11.1. The smallest absolute Gasteiger partial charge is 0.220 e. The zero-order valence-corrected chi connectivity index (χ0v) is 11.8. The predicted octanol–water partition coefficient (Wildman–Crippen LogP) is 2.05. The molecule has 1 heterocycles. The van der Waals surface area contributed by atoms with Crippen LogP contribution < -0.4 is 5.32 Å². The van der Waals surface area contributed by atoms with E-state index >= 15 is 0 Å². The molecule has 0 fully saturated rings. The molecule has 0 atom stereocenters. The highest BCUT2D eigenvalue weighted by atomic mass is 16.1. The fourth-order valence-electron chi connectivity index (χ4n) is 1.97. The second-order valence-corrected chi connectivity index (χ2v) is 4.48. The van der Waals surface area contributed by atoms with Gasteiger partial charge in [-0.05, 0) is 39.2 Å². The summed E-state index contributed by atoms with van der Waals surface area (Å²) in [5, 5.41) is 7.27. The van der Waals surface area contributed by atoms with Crippen LogP contribution in [0.2, 0.25) is 0 Å². The second kappa shape index (κ2) is 6.99. The number of nitrogens with zero attached hydrogens (tertiary/aromatic N) is 2. The van der Waals surface area contributed by atoms with Crippen LogP contribution in [0.5, 0.6) is 0 Å². The Kier molecular flexibility index (Phi) is 5.62. The van der Waals surface area contributed by atoms with Crippen molar-refractivity contribution in [2.24, 2.45) is 7.05 Å². The highest BCUT2D eigenvalue weighted by Gasteiger charge is 2.10. The average Bonchev–Trinajstić information content (AvgIpc) is 2.57. The van der Waals surface area contributed by atoms with E-state index in [1.165, 1.54) is 5.56 Å². The zero-order chi connectivity index (χ0) is 13.5. The molecule has 100 valence electrons. The molecule has 0 radical (unpaired) electrons. The molecule has 0 spiro atoms. The van der Waals surface area contributed by atoms with Crippen LogP contribution in [0, 0.1) is 13.8 Å². The number of carbonyl (C=O) groups excluding carboxylic acids is 1. The highest BCUT2D eigenvalue weighted by Crippen LogP contribution is 2.13. The molecular weight excluding hydrogens is 226 g/mol. The molecule has 1 rings (SSSR count). The number of allylic oxidation sites excluding steroid dienone is 1. The topological polar surface area (TPSA) is 46.9 Å². The second-order valence-electron chi connectivity index (χ2n) is 4.48. The molecule has 0 unspecified atom stereocenters. The Hall–Kier alpha value is -1.58. The molecule has 4 nitrogen and oxygen atoms in total. The summed E-state index contributed by atoms with van der Waals surface area (Å²) in [5.41, 5.74) is 3.37. The molecule has 0 bridgehead atoms. The summed E-state index contributed by atoms with van der Waals surface area (Å²) in [6, 6.07) is 0. The Labute approximate surface area is 109 Å². The van der Waals surface area contributed by atoms with Gasteiger partial charge < -0.3 is 5.32 Å². The van der Waals surface area contributed by atoms with Gasteiger partial charge in [0.1, 0.15) is 0 Å². The molecule has 1 N–H and O–H groups in total. The van der Waals surface area contributed by atoms with Crippen molar-refractivity contribution >= 4 is 5.91 Å². The van der Waals surface area contributed by atoms with Crippen LogP contribution in [0.15, 0.2) is 12.2 Å². The van der Waals surface area contributed by atoms with Crippen LogP contribution in [-0.4, -0.2) is 22.2 Å². The summed E-state index contributed by atoms with van der Waals surface area (Å²) in [7, 11) is 1.93. The van der Waals surface area contributed by atoms with Gasteiger partial charge in [-0.1, -0.05) is 12.2 Å². The first kappa shape index (κ1) is 14.5. The van der Waals surface area contributed by atoms with Gasteiger partial charge in [0.15, 0.2) is 0 Å². The lowest BCUT2D eigenvalue weighted by atomic mass is 10.1. The fourth-order valence-corrected chi connectivity index (χ4v) is 1.97. The summed E-state index contributed by atoms with van der Waals surface area (Å²) >= 11 is 0. The number of nitrogens with one attached hydrogen (secondary N) is 1.